The molecule has 2 atom stereocenters. The maximum absolute atomic E-state index is 6.47. The molecule has 3 aromatic carbocycles. The van der Waals surface area contributed by atoms with Gasteiger partial charge in [0.2, 0.25) is 6.23 Å². The van der Waals surface area contributed by atoms with Gasteiger partial charge in [0.15, 0.2) is 0 Å². The van der Waals surface area contributed by atoms with E-state index in [0.29, 0.717) is 5.02 Å². The summed E-state index contributed by atoms with van der Waals surface area (Å²) in [4.78, 5) is 0. The van der Waals surface area contributed by atoms with E-state index in [1.54, 1.807) is 0 Å². The Hall–Kier alpha value is -2.98. The Morgan fingerprint density at radius 1 is 1.00 bits per heavy atom. The summed E-state index contributed by atoms with van der Waals surface area (Å²) in [5.74, 6) is 1.76. The monoisotopic (exact) mass is 474 g/mol. The number of hydrogen-bond donors (Lipinski definition) is 0. The van der Waals surface area contributed by atoms with E-state index in [1.807, 2.05) is 30.3 Å². The number of halogens is 1. The van der Waals surface area contributed by atoms with Gasteiger partial charge in [-0.25, -0.2) is 5.01 Å². The van der Waals surface area contributed by atoms with Gasteiger partial charge < -0.3 is 9.47 Å². The van der Waals surface area contributed by atoms with Crippen molar-refractivity contribution >= 4 is 17.3 Å². The van der Waals surface area contributed by atoms with Crippen molar-refractivity contribution in [3.05, 3.63) is 94.0 Å². The molecule has 176 valence electrons. The zero-order valence-corrected chi connectivity index (χ0v) is 20.6. The fraction of sp³-hybridized carbons (Fsp3) is 0.345. The lowest BCUT2D eigenvalue weighted by atomic mass is 9.95. The van der Waals surface area contributed by atoms with Gasteiger partial charge in [-0.2, -0.15) is 5.10 Å². The zero-order valence-electron chi connectivity index (χ0n) is 19.8. The van der Waals surface area contributed by atoms with Crippen LogP contribution in [0.4, 0.5) is 0 Å². The molecular formula is C29H31ClN2O2. The van der Waals surface area contributed by atoms with Crippen LogP contribution in [0, 0.1) is 6.92 Å². The zero-order chi connectivity index (χ0) is 23.5. The van der Waals surface area contributed by atoms with Gasteiger partial charge in [0.1, 0.15) is 11.5 Å². The SMILES string of the molecule is CCCCCCOc1ccc(C2Oc3ccc(Cl)cc3C3CC(c4ccc(C)cc4)=NN32)cc1. The standard InChI is InChI=1S/C29H31ClN2O2/c1-3-4-5-6-17-33-24-14-11-22(12-15-24)29-32-27(25-18-23(30)13-16-28(25)34-29)19-26(31-32)21-9-7-20(2)8-10-21/h7-16,18,27,29H,3-6,17,19H2,1-2H3. The van der Waals surface area contributed by atoms with Gasteiger partial charge in [-0.15, -0.1) is 0 Å². The Balaban J connectivity index is 1.40. The molecule has 5 rings (SSSR count). The van der Waals surface area contributed by atoms with Gasteiger partial charge in [-0.05, 0) is 61.4 Å². The van der Waals surface area contributed by atoms with Crippen LogP contribution in [0.15, 0.2) is 71.8 Å². The molecule has 0 N–H and O–H groups in total. The summed E-state index contributed by atoms with van der Waals surface area (Å²) in [6.45, 7) is 5.08. The van der Waals surface area contributed by atoms with E-state index >= 15 is 0 Å². The Labute approximate surface area is 207 Å². The predicted molar refractivity (Wildman–Crippen MR) is 138 cm³/mol. The molecule has 0 amide bonds. The normalized spacial score (nSPS) is 18.7. The first-order valence-corrected chi connectivity index (χ1v) is 12.6. The van der Waals surface area contributed by atoms with E-state index in [1.165, 1.54) is 24.8 Å². The molecule has 34 heavy (non-hydrogen) atoms. The number of aryl methyl sites for hydroxylation is 1. The largest absolute Gasteiger partial charge is 0.494 e. The third-order valence-corrected chi connectivity index (χ3v) is 6.80. The van der Waals surface area contributed by atoms with Crippen LogP contribution in [0.3, 0.4) is 0 Å². The second-order valence-electron chi connectivity index (χ2n) is 9.14. The van der Waals surface area contributed by atoms with Crippen LogP contribution in [0.5, 0.6) is 11.5 Å². The van der Waals surface area contributed by atoms with Gasteiger partial charge in [0, 0.05) is 22.6 Å². The van der Waals surface area contributed by atoms with Crippen LogP contribution in [-0.4, -0.2) is 17.3 Å². The Bertz CT molecular complexity index is 1160. The summed E-state index contributed by atoms with van der Waals surface area (Å²) >= 11 is 6.35. The minimum absolute atomic E-state index is 0.0817. The molecule has 2 unspecified atom stereocenters. The van der Waals surface area contributed by atoms with Crippen molar-refractivity contribution in [2.24, 2.45) is 5.10 Å². The fourth-order valence-corrected chi connectivity index (χ4v) is 4.83. The lowest BCUT2D eigenvalue weighted by Crippen LogP contribution is -2.33. The Kier molecular flexibility index (Phi) is 6.77. The Morgan fingerprint density at radius 3 is 2.56 bits per heavy atom. The van der Waals surface area contributed by atoms with Crippen molar-refractivity contribution in [3.8, 4) is 11.5 Å². The maximum Gasteiger partial charge on any atom is 0.213 e. The van der Waals surface area contributed by atoms with Crippen LogP contribution in [0.1, 0.15) is 73.6 Å². The lowest BCUT2D eigenvalue weighted by Gasteiger charge is -2.38. The number of benzene rings is 3. The molecule has 0 spiro atoms. The molecular weight excluding hydrogens is 444 g/mol. The van der Waals surface area contributed by atoms with Crippen molar-refractivity contribution in [3.63, 3.8) is 0 Å². The van der Waals surface area contributed by atoms with E-state index in [4.69, 9.17) is 26.2 Å². The van der Waals surface area contributed by atoms with E-state index in [9.17, 15) is 0 Å². The van der Waals surface area contributed by atoms with Crippen molar-refractivity contribution in [2.75, 3.05) is 6.61 Å². The van der Waals surface area contributed by atoms with Crippen LogP contribution in [0.2, 0.25) is 5.02 Å². The third kappa shape index (κ3) is 4.78. The summed E-state index contributed by atoms with van der Waals surface area (Å²) in [7, 11) is 0. The van der Waals surface area contributed by atoms with E-state index in [2.05, 4.69) is 55.3 Å². The number of unbranched alkanes of at least 4 members (excludes halogenated alkanes) is 3. The first kappa shape index (κ1) is 22.8. The predicted octanol–water partition coefficient (Wildman–Crippen LogP) is 7.85. The van der Waals surface area contributed by atoms with Gasteiger partial charge in [0.05, 0.1) is 18.4 Å². The second kappa shape index (κ2) is 10.1. The molecule has 0 aromatic heterocycles. The summed E-state index contributed by atoms with van der Waals surface area (Å²) in [5, 5.41) is 7.85. The summed E-state index contributed by atoms with van der Waals surface area (Å²) in [6, 6.07) is 22.8. The van der Waals surface area contributed by atoms with Crippen LogP contribution in [0.25, 0.3) is 0 Å². The fourth-order valence-electron chi connectivity index (χ4n) is 4.65. The molecule has 4 nitrogen and oxygen atoms in total. The van der Waals surface area contributed by atoms with Crippen molar-refractivity contribution in [1.82, 2.24) is 5.01 Å². The summed E-state index contributed by atoms with van der Waals surface area (Å²) in [6.07, 6.45) is 5.31. The molecule has 2 aliphatic rings. The first-order valence-electron chi connectivity index (χ1n) is 12.2. The highest BCUT2D eigenvalue weighted by Gasteiger charge is 2.41. The molecule has 0 fully saturated rings. The molecule has 0 bridgehead atoms. The highest BCUT2D eigenvalue weighted by Crippen LogP contribution is 2.48. The molecule has 2 heterocycles. The molecule has 2 aliphatic heterocycles. The number of nitrogens with zero attached hydrogens (tertiary/aromatic N) is 2. The summed E-state index contributed by atoms with van der Waals surface area (Å²) in [5.41, 5.74) is 5.60. The van der Waals surface area contributed by atoms with Crippen molar-refractivity contribution < 1.29 is 9.47 Å². The maximum atomic E-state index is 6.47. The number of ether oxygens (including phenoxy) is 2. The van der Waals surface area contributed by atoms with E-state index < -0.39 is 0 Å². The van der Waals surface area contributed by atoms with Crippen LogP contribution < -0.4 is 9.47 Å². The molecule has 0 radical (unpaired) electrons. The van der Waals surface area contributed by atoms with Crippen molar-refractivity contribution in [1.29, 1.82) is 0 Å². The highest BCUT2D eigenvalue weighted by atomic mass is 35.5. The van der Waals surface area contributed by atoms with Crippen LogP contribution in [-0.2, 0) is 0 Å². The third-order valence-electron chi connectivity index (χ3n) is 6.57. The van der Waals surface area contributed by atoms with Crippen LogP contribution >= 0.6 is 11.6 Å². The minimum atomic E-state index is -0.305. The van der Waals surface area contributed by atoms with E-state index in [-0.39, 0.29) is 12.3 Å². The average molecular weight is 475 g/mol. The lowest BCUT2D eigenvalue weighted by molar-refractivity contribution is -0.0190. The number of rotatable bonds is 8. The average Bonchev–Trinajstić information content (AvgIpc) is 3.30. The first-order chi connectivity index (χ1) is 16.6. The molecule has 0 saturated carbocycles. The molecule has 3 aromatic rings. The Morgan fingerprint density at radius 2 is 1.79 bits per heavy atom. The van der Waals surface area contributed by atoms with Gasteiger partial charge in [0.25, 0.3) is 0 Å². The smallest absolute Gasteiger partial charge is 0.213 e. The van der Waals surface area contributed by atoms with Gasteiger partial charge >= 0.3 is 0 Å². The van der Waals surface area contributed by atoms with Gasteiger partial charge in [-0.3, -0.25) is 0 Å². The van der Waals surface area contributed by atoms with Crippen molar-refractivity contribution in [2.45, 2.75) is 58.2 Å². The topological polar surface area (TPSA) is 34.1 Å². The number of hydrazone groups is 1. The number of hydrogen-bond acceptors (Lipinski definition) is 4. The quantitative estimate of drug-likeness (QED) is 0.312. The molecule has 0 saturated heterocycles. The highest BCUT2D eigenvalue weighted by molar-refractivity contribution is 6.30. The molecule has 5 heteroatoms. The second-order valence-corrected chi connectivity index (χ2v) is 9.58. The van der Waals surface area contributed by atoms with E-state index in [0.717, 1.165) is 53.3 Å². The molecule has 0 aliphatic carbocycles. The minimum Gasteiger partial charge on any atom is -0.494 e. The summed E-state index contributed by atoms with van der Waals surface area (Å²) < 4.78 is 12.4. The van der Waals surface area contributed by atoms with Gasteiger partial charge in [-0.1, -0.05) is 67.6 Å². The number of fused-ring (bicyclic) bond motifs is 3.